The molecular weight excluding hydrogens is 192 g/mol. The number of pyridine rings is 1. The van der Waals surface area contributed by atoms with Gasteiger partial charge in [0.25, 0.3) is 0 Å². The first-order valence-corrected chi connectivity index (χ1v) is 4.83. The fourth-order valence-electron chi connectivity index (χ4n) is 0.999. The van der Waals surface area contributed by atoms with Gasteiger partial charge in [0.15, 0.2) is 0 Å². The number of nitrogens with zero attached hydrogens (tertiary/aromatic N) is 2. The van der Waals surface area contributed by atoms with E-state index in [4.69, 9.17) is 5.73 Å². The second-order valence-electron chi connectivity index (χ2n) is 3.23. The van der Waals surface area contributed by atoms with Crippen molar-refractivity contribution >= 4 is 17.4 Å². The Bertz CT molecular complexity index is 323. The van der Waals surface area contributed by atoms with Crippen molar-refractivity contribution < 1.29 is 4.79 Å². The number of nitrogens with one attached hydrogen (secondary N) is 1. The second-order valence-corrected chi connectivity index (χ2v) is 3.23. The molecule has 0 aliphatic heterocycles. The maximum absolute atomic E-state index is 11.4. The Morgan fingerprint density at radius 3 is 2.87 bits per heavy atom. The number of nitrogen functional groups attached to an aromatic ring is 1. The van der Waals surface area contributed by atoms with Crippen LogP contribution in [0.25, 0.3) is 0 Å². The molecule has 1 rings (SSSR count). The van der Waals surface area contributed by atoms with Crippen molar-refractivity contribution in [3.05, 3.63) is 18.3 Å². The highest BCUT2D eigenvalue weighted by Gasteiger charge is 2.05. The Labute approximate surface area is 89.3 Å². The number of carbonyl (C=O) groups excluding carboxylic acids is 1. The summed E-state index contributed by atoms with van der Waals surface area (Å²) in [6.45, 7) is 2.92. The molecule has 15 heavy (non-hydrogen) atoms. The molecule has 0 bridgehead atoms. The van der Waals surface area contributed by atoms with Gasteiger partial charge in [0.1, 0.15) is 5.82 Å². The van der Waals surface area contributed by atoms with E-state index >= 15 is 0 Å². The third-order valence-electron chi connectivity index (χ3n) is 2.13. The number of anilines is 2. The van der Waals surface area contributed by atoms with E-state index < -0.39 is 0 Å². The van der Waals surface area contributed by atoms with Crippen LogP contribution in [0, 0.1) is 0 Å². The second kappa shape index (κ2) is 5.19. The molecule has 0 unspecified atom stereocenters. The Kier molecular flexibility index (Phi) is 3.91. The molecule has 1 heterocycles. The summed E-state index contributed by atoms with van der Waals surface area (Å²) in [5.74, 6) is 0.520. The van der Waals surface area contributed by atoms with Gasteiger partial charge in [0.2, 0.25) is 5.91 Å². The van der Waals surface area contributed by atoms with Gasteiger partial charge in [-0.15, -0.1) is 0 Å². The Morgan fingerprint density at radius 1 is 1.60 bits per heavy atom. The summed E-state index contributed by atoms with van der Waals surface area (Å²) in [6.07, 6.45) is 1.61. The molecule has 0 fully saturated rings. The van der Waals surface area contributed by atoms with Crippen molar-refractivity contribution in [1.29, 1.82) is 0 Å². The molecule has 0 aliphatic rings. The van der Waals surface area contributed by atoms with Crippen LogP contribution in [0.3, 0.4) is 0 Å². The quantitative estimate of drug-likeness (QED) is 0.758. The maximum Gasteiger partial charge on any atom is 0.241 e. The number of aromatic nitrogens is 1. The normalized spacial score (nSPS) is 9.73. The van der Waals surface area contributed by atoms with E-state index in [9.17, 15) is 4.79 Å². The zero-order chi connectivity index (χ0) is 11.3. The summed E-state index contributed by atoms with van der Waals surface area (Å²) in [4.78, 5) is 17.0. The molecule has 82 valence electrons. The van der Waals surface area contributed by atoms with E-state index in [1.54, 1.807) is 30.3 Å². The summed E-state index contributed by atoms with van der Waals surface area (Å²) in [6, 6.07) is 3.48. The van der Waals surface area contributed by atoms with Gasteiger partial charge in [-0.05, 0) is 19.1 Å². The zero-order valence-corrected chi connectivity index (χ0v) is 9.03. The molecule has 3 N–H and O–H groups in total. The number of carbonyl (C=O) groups is 1. The van der Waals surface area contributed by atoms with E-state index in [1.807, 2.05) is 6.92 Å². The molecular formula is C10H16N4O. The van der Waals surface area contributed by atoms with Crippen LogP contribution < -0.4 is 11.1 Å². The lowest BCUT2D eigenvalue weighted by Crippen LogP contribution is -2.31. The minimum Gasteiger partial charge on any atom is -0.384 e. The third kappa shape index (κ3) is 3.46. The molecule has 1 amide bonds. The lowest BCUT2D eigenvalue weighted by molar-refractivity contribution is -0.127. The van der Waals surface area contributed by atoms with E-state index in [2.05, 4.69) is 10.3 Å². The van der Waals surface area contributed by atoms with E-state index in [-0.39, 0.29) is 12.5 Å². The van der Waals surface area contributed by atoms with Crippen molar-refractivity contribution in [2.75, 3.05) is 31.2 Å². The first-order chi connectivity index (χ1) is 7.13. The molecule has 5 nitrogen and oxygen atoms in total. The molecule has 0 saturated heterocycles. The molecule has 1 aromatic heterocycles. The Morgan fingerprint density at radius 2 is 2.33 bits per heavy atom. The molecule has 0 spiro atoms. The first kappa shape index (κ1) is 11.3. The number of hydrogen-bond donors (Lipinski definition) is 2. The summed E-state index contributed by atoms with van der Waals surface area (Å²) in [7, 11) is 1.77. The minimum atomic E-state index is 0.0503. The Balaban J connectivity index is 2.43. The van der Waals surface area contributed by atoms with Crippen molar-refractivity contribution in [1.82, 2.24) is 9.88 Å². The molecule has 0 radical (unpaired) electrons. The number of hydrogen-bond acceptors (Lipinski definition) is 4. The minimum absolute atomic E-state index is 0.0503. The topological polar surface area (TPSA) is 71.2 Å². The summed E-state index contributed by atoms with van der Waals surface area (Å²) < 4.78 is 0. The van der Waals surface area contributed by atoms with Crippen LogP contribution in [0.4, 0.5) is 11.5 Å². The van der Waals surface area contributed by atoms with Crippen LogP contribution in [0.1, 0.15) is 6.92 Å². The smallest absolute Gasteiger partial charge is 0.241 e. The SMILES string of the molecule is CCN(C)C(=O)CNc1ccc(N)nc1. The van der Waals surface area contributed by atoms with Crippen molar-refractivity contribution in [2.24, 2.45) is 0 Å². The van der Waals surface area contributed by atoms with Crippen molar-refractivity contribution in [3.63, 3.8) is 0 Å². The van der Waals surface area contributed by atoms with Crippen LogP contribution >= 0.6 is 0 Å². The van der Waals surface area contributed by atoms with E-state index in [0.29, 0.717) is 12.4 Å². The molecule has 0 aliphatic carbocycles. The highest BCUT2D eigenvalue weighted by molar-refractivity contribution is 5.80. The van der Waals surface area contributed by atoms with Gasteiger partial charge in [-0.25, -0.2) is 4.98 Å². The van der Waals surface area contributed by atoms with Gasteiger partial charge in [0, 0.05) is 13.6 Å². The predicted molar refractivity (Wildman–Crippen MR) is 60.5 cm³/mol. The fourth-order valence-corrected chi connectivity index (χ4v) is 0.999. The molecule has 5 heteroatoms. The third-order valence-corrected chi connectivity index (χ3v) is 2.13. The van der Waals surface area contributed by atoms with Gasteiger partial charge in [-0.3, -0.25) is 4.79 Å². The van der Waals surface area contributed by atoms with Crippen LogP contribution in [-0.2, 0) is 4.79 Å². The van der Waals surface area contributed by atoms with E-state index in [1.165, 1.54) is 0 Å². The average Bonchev–Trinajstić information content (AvgIpc) is 2.26. The van der Waals surface area contributed by atoms with Gasteiger partial charge >= 0.3 is 0 Å². The lowest BCUT2D eigenvalue weighted by atomic mass is 10.4. The molecule has 0 aromatic carbocycles. The number of rotatable bonds is 4. The highest BCUT2D eigenvalue weighted by atomic mass is 16.2. The number of amides is 1. The molecule has 0 atom stereocenters. The maximum atomic E-state index is 11.4. The van der Waals surface area contributed by atoms with Gasteiger partial charge in [-0.2, -0.15) is 0 Å². The van der Waals surface area contributed by atoms with Crippen molar-refractivity contribution in [3.8, 4) is 0 Å². The van der Waals surface area contributed by atoms with Gasteiger partial charge < -0.3 is 16.0 Å². The predicted octanol–water partition coefficient (Wildman–Crippen LogP) is 0.554. The Hall–Kier alpha value is -1.78. The first-order valence-electron chi connectivity index (χ1n) is 4.83. The van der Waals surface area contributed by atoms with Crippen LogP contribution in [0.5, 0.6) is 0 Å². The molecule has 1 aromatic rings. The van der Waals surface area contributed by atoms with Gasteiger partial charge in [0.05, 0.1) is 18.4 Å². The fraction of sp³-hybridized carbons (Fsp3) is 0.400. The lowest BCUT2D eigenvalue weighted by Gasteiger charge is -2.15. The molecule has 0 saturated carbocycles. The van der Waals surface area contributed by atoms with Gasteiger partial charge in [-0.1, -0.05) is 0 Å². The highest BCUT2D eigenvalue weighted by Crippen LogP contribution is 2.06. The van der Waals surface area contributed by atoms with Crippen LogP contribution in [0.15, 0.2) is 18.3 Å². The summed E-state index contributed by atoms with van der Waals surface area (Å²) in [5.41, 5.74) is 6.23. The van der Waals surface area contributed by atoms with Crippen LogP contribution in [0.2, 0.25) is 0 Å². The van der Waals surface area contributed by atoms with Crippen molar-refractivity contribution in [2.45, 2.75) is 6.92 Å². The largest absolute Gasteiger partial charge is 0.384 e. The monoisotopic (exact) mass is 208 g/mol. The van der Waals surface area contributed by atoms with E-state index in [0.717, 1.165) is 5.69 Å². The number of nitrogens with two attached hydrogens (primary N) is 1. The standard InChI is InChI=1S/C10H16N4O/c1-3-14(2)10(15)7-12-8-4-5-9(11)13-6-8/h4-6,12H,3,7H2,1-2H3,(H2,11,13). The zero-order valence-electron chi connectivity index (χ0n) is 9.03. The van der Waals surface area contributed by atoms with Crippen LogP contribution in [-0.4, -0.2) is 35.9 Å². The summed E-state index contributed by atoms with van der Waals surface area (Å²) in [5, 5.41) is 2.98. The summed E-state index contributed by atoms with van der Waals surface area (Å²) >= 11 is 0. The number of likely N-dealkylation sites (N-methyl/N-ethyl adjacent to an activating group) is 1. The average molecular weight is 208 g/mol.